The van der Waals surface area contributed by atoms with Gasteiger partial charge in [0, 0.05) is 13.6 Å². The van der Waals surface area contributed by atoms with Crippen LogP contribution in [0.3, 0.4) is 0 Å². The minimum absolute atomic E-state index is 0.0570. The van der Waals surface area contributed by atoms with Gasteiger partial charge in [-0.3, -0.25) is 9.36 Å². The fraction of sp³-hybridized carbons (Fsp3) is 0.222. The molecular weight excluding hydrogens is 292 g/mol. The van der Waals surface area contributed by atoms with E-state index in [-0.39, 0.29) is 12.3 Å². The highest BCUT2D eigenvalue weighted by atomic mass is 16.4. The molecule has 0 saturated heterocycles. The lowest BCUT2D eigenvalue weighted by Gasteiger charge is -2.06. The van der Waals surface area contributed by atoms with Crippen LogP contribution in [0.1, 0.15) is 16.7 Å². The van der Waals surface area contributed by atoms with Crippen molar-refractivity contribution in [3.63, 3.8) is 0 Å². The van der Waals surface area contributed by atoms with E-state index in [9.17, 15) is 9.59 Å². The zero-order valence-corrected chi connectivity index (χ0v) is 13.1. The third-order valence-electron chi connectivity index (χ3n) is 3.83. The van der Waals surface area contributed by atoms with Crippen LogP contribution in [0.2, 0.25) is 0 Å². The molecular formula is C18H18N2O3. The van der Waals surface area contributed by atoms with Crippen LogP contribution in [0.4, 0.5) is 0 Å². The van der Waals surface area contributed by atoms with Crippen molar-refractivity contribution >= 4 is 17.0 Å². The van der Waals surface area contributed by atoms with Gasteiger partial charge >= 0.3 is 5.76 Å². The maximum Gasteiger partial charge on any atom is 0.419 e. The first-order chi connectivity index (χ1) is 11.0. The lowest BCUT2D eigenvalue weighted by Crippen LogP contribution is -2.24. The van der Waals surface area contributed by atoms with Crippen LogP contribution in [-0.4, -0.2) is 10.5 Å². The van der Waals surface area contributed by atoms with Gasteiger partial charge in [-0.2, -0.15) is 0 Å². The SMILES string of the molecule is Cc1ccc(CNC(=O)Cc2ccc3oc(=O)n(C)c3c2)cc1. The molecule has 23 heavy (non-hydrogen) atoms. The van der Waals surface area contributed by atoms with Crippen molar-refractivity contribution in [3.8, 4) is 0 Å². The van der Waals surface area contributed by atoms with E-state index in [1.807, 2.05) is 37.3 Å². The van der Waals surface area contributed by atoms with Crippen molar-refractivity contribution in [1.82, 2.24) is 9.88 Å². The van der Waals surface area contributed by atoms with Crippen LogP contribution < -0.4 is 11.1 Å². The first-order valence-corrected chi connectivity index (χ1v) is 7.43. The Balaban J connectivity index is 1.66. The Morgan fingerprint density at radius 1 is 1.13 bits per heavy atom. The summed E-state index contributed by atoms with van der Waals surface area (Å²) in [6.45, 7) is 2.53. The van der Waals surface area contributed by atoms with Crippen molar-refractivity contribution < 1.29 is 9.21 Å². The second-order valence-corrected chi connectivity index (χ2v) is 5.67. The maximum atomic E-state index is 12.1. The molecule has 3 rings (SSSR count). The molecule has 118 valence electrons. The molecule has 1 aromatic heterocycles. The van der Waals surface area contributed by atoms with Gasteiger partial charge in [-0.1, -0.05) is 35.9 Å². The Kier molecular flexibility index (Phi) is 4.02. The molecule has 0 atom stereocenters. The van der Waals surface area contributed by atoms with E-state index in [1.54, 1.807) is 19.2 Å². The Labute approximate surface area is 133 Å². The normalized spacial score (nSPS) is 10.9. The van der Waals surface area contributed by atoms with Crippen LogP contribution in [-0.2, 0) is 24.8 Å². The molecule has 1 heterocycles. The maximum absolute atomic E-state index is 12.1. The predicted molar refractivity (Wildman–Crippen MR) is 88.2 cm³/mol. The summed E-state index contributed by atoms with van der Waals surface area (Å²) < 4.78 is 6.51. The van der Waals surface area contributed by atoms with Gasteiger partial charge in [-0.25, -0.2) is 4.79 Å². The fourth-order valence-corrected chi connectivity index (χ4v) is 2.44. The number of fused-ring (bicyclic) bond motifs is 1. The number of rotatable bonds is 4. The Bertz CT molecular complexity index is 904. The number of oxazole rings is 1. The lowest BCUT2D eigenvalue weighted by molar-refractivity contribution is -0.120. The molecule has 0 fully saturated rings. The molecule has 0 aliphatic carbocycles. The van der Waals surface area contributed by atoms with Gasteiger partial charge in [-0.15, -0.1) is 0 Å². The van der Waals surface area contributed by atoms with Crippen molar-refractivity contribution in [2.24, 2.45) is 7.05 Å². The van der Waals surface area contributed by atoms with Gasteiger partial charge < -0.3 is 9.73 Å². The number of aromatic nitrogens is 1. The second kappa shape index (κ2) is 6.12. The molecule has 2 aromatic carbocycles. The molecule has 1 amide bonds. The Morgan fingerprint density at radius 2 is 1.83 bits per heavy atom. The zero-order valence-electron chi connectivity index (χ0n) is 13.1. The van der Waals surface area contributed by atoms with E-state index in [2.05, 4.69) is 5.32 Å². The lowest BCUT2D eigenvalue weighted by atomic mass is 10.1. The smallest absolute Gasteiger partial charge is 0.408 e. The van der Waals surface area contributed by atoms with Crippen LogP contribution in [0.25, 0.3) is 11.1 Å². The highest BCUT2D eigenvalue weighted by molar-refractivity contribution is 5.81. The van der Waals surface area contributed by atoms with E-state index in [1.165, 1.54) is 10.1 Å². The van der Waals surface area contributed by atoms with Crippen molar-refractivity contribution in [2.45, 2.75) is 19.9 Å². The number of nitrogens with zero attached hydrogens (tertiary/aromatic N) is 1. The molecule has 0 saturated carbocycles. The topological polar surface area (TPSA) is 64.2 Å². The first kappa shape index (κ1) is 15.1. The third kappa shape index (κ3) is 3.34. The molecule has 0 radical (unpaired) electrons. The summed E-state index contributed by atoms with van der Waals surface area (Å²) in [6.07, 6.45) is 0.265. The summed E-state index contributed by atoms with van der Waals surface area (Å²) >= 11 is 0. The zero-order chi connectivity index (χ0) is 16.4. The summed E-state index contributed by atoms with van der Waals surface area (Å²) in [5, 5.41) is 2.90. The van der Waals surface area contributed by atoms with E-state index >= 15 is 0 Å². The number of amides is 1. The van der Waals surface area contributed by atoms with Gasteiger partial charge in [0.15, 0.2) is 5.58 Å². The van der Waals surface area contributed by atoms with Crippen LogP contribution >= 0.6 is 0 Å². The summed E-state index contributed by atoms with van der Waals surface area (Å²) in [4.78, 5) is 23.5. The van der Waals surface area contributed by atoms with E-state index in [4.69, 9.17) is 4.42 Å². The number of carbonyl (C=O) groups is 1. The molecule has 0 aliphatic heterocycles. The summed E-state index contributed by atoms with van der Waals surface area (Å²) in [7, 11) is 1.65. The Hall–Kier alpha value is -2.82. The minimum Gasteiger partial charge on any atom is -0.408 e. The van der Waals surface area contributed by atoms with Gasteiger partial charge in [0.05, 0.1) is 11.9 Å². The molecule has 1 N–H and O–H groups in total. The standard InChI is InChI=1S/C18H18N2O3/c1-12-3-5-13(6-4-12)11-19-17(21)10-14-7-8-16-15(9-14)20(2)18(22)23-16/h3-9H,10-11H2,1-2H3,(H,19,21). The minimum atomic E-state index is -0.402. The van der Waals surface area contributed by atoms with Crippen molar-refractivity contribution in [3.05, 3.63) is 69.7 Å². The average molecular weight is 310 g/mol. The van der Waals surface area contributed by atoms with Gasteiger partial charge in [0.25, 0.3) is 0 Å². The summed E-state index contributed by atoms with van der Waals surface area (Å²) in [6, 6.07) is 13.4. The molecule has 0 unspecified atom stereocenters. The van der Waals surface area contributed by atoms with Crippen LogP contribution in [0, 0.1) is 6.92 Å². The predicted octanol–water partition coefficient (Wildman–Crippen LogP) is 2.30. The monoisotopic (exact) mass is 310 g/mol. The van der Waals surface area contributed by atoms with Crippen molar-refractivity contribution in [2.75, 3.05) is 0 Å². The van der Waals surface area contributed by atoms with Crippen LogP contribution in [0.15, 0.2) is 51.7 Å². The van der Waals surface area contributed by atoms with E-state index < -0.39 is 5.76 Å². The summed E-state index contributed by atoms with van der Waals surface area (Å²) in [5.41, 5.74) is 4.33. The second-order valence-electron chi connectivity index (χ2n) is 5.67. The van der Waals surface area contributed by atoms with Gasteiger partial charge in [-0.05, 0) is 30.2 Å². The highest BCUT2D eigenvalue weighted by Crippen LogP contribution is 2.14. The molecule has 0 spiro atoms. The number of carbonyl (C=O) groups excluding carboxylic acids is 1. The highest BCUT2D eigenvalue weighted by Gasteiger charge is 2.09. The average Bonchev–Trinajstić information content (AvgIpc) is 2.82. The number of benzene rings is 2. The number of hydrogen-bond donors (Lipinski definition) is 1. The van der Waals surface area contributed by atoms with Gasteiger partial charge in [0.1, 0.15) is 0 Å². The molecule has 5 heteroatoms. The number of hydrogen-bond acceptors (Lipinski definition) is 3. The third-order valence-corrected chi connectivity index (χ3v) is 3.83. The molecule has 5 nitrogen and oxygen atoms in total. The Morgan fingerprint density at radius 3 is 2.57 bits per heavy atom. The molecule has 0 bridgehead atoms. The number of nitrogens with one attached hydrogen (secondary N) is 1. The number of aryl methyl sites for hydroxylation is 2. The van der Waals surface area contributed by atoms with Crippen LogP contribution in [0.5, 0.6) is 0 Å². The largest absolute Gasteiger partial charge is 0.419 e. The van der Waals surface area contributed by atoms with E-state index in [0.29, 0.717) is 17.6 Å². The van der Waals surface area contributed by atoms with Gasteiger partial charge in [0.2, 0.25) is 5.91 Å². The molecule has 0 aliphatic rings. The quantitative estimate of drug-likeness (QED) is 0.804. The summed E-state index contributed by atoms with van der Waals surface area (Å²) in [5.74, 6) is -0.459. The van der Waals surface area contributed by atoms with E-state index in [0.717, 1.165) is 11.1 Å². The first-order valence-electron chi connectivity index (χ1n) is 7.43. The van der Waals surface area contributed by atoms with Crippen molar-refractivity contribution in [1.29, 1.82) is 0 Å². The molecule has 3 aromatic rings. The fourth-order valence-electron chi connectivity index (χ4n) is 2.44.